The first-order valence-corrected chi connectivity index (χ1v) is 10.4. The molecule has 0 radical (unpaired) electrons. The molecule has 0 atom stereocenters. The molecule has 2 amide bonds. The van der Waals surface area contributed by atoms with Gasteiger partial charge in [0.25, 0.3) is 11.8 Å². The number of ether oxygens (including phenoxy) is 2. The molecule has 0 unspecified atom stereocenters. The van der Waals surface area contributed by atoms with Crippen LogP contribution in [0, 0.1) is 0 Å². The van der Waals surface area contributed by atoms with Gasteiger partial charge in [-0.15, -0.1) is 0 Å². The van der Waals surface area contributed by atoms with Gasteiger partial charge in [0, 0.05) is 10.6 Å². The maximum absolute atomic E-state index is 12.8. The Hall–Kier alpha value is -3.48. The van der Waals surface area contributed by atoms with Gasteiger partial charge >= 0.3 is 0 Å². The van der Waals surface area contributed by atoms with Crippen molar-refractivity contribution in [1.29, 1.82) is 0 Å². The lowest BCUT2D eigenvalue weighted by Crippen LogP contribution is -2.35. The number of amides is 2. The molecule has 0 aliphatic carbocycles. The molecule has 4 rings (SSSR count). The molecule has 6 nitrogen and oxygen atoms in total. The maximum Gasteiger partial charge on any atom is 0.282 e. The minimum Gasteiger partial charge on any atom is -0.493 e. The molecule has 0 spiro atoms. The van der Waals surface area contributed by atoms with Crippen molar-refractivity contribution in [3.05, 3.63) is 93.5 Å². The second-order valence-corrected chi connectivity index (χ2v) is 7.70. The van der Waals surface area contributed by atoms with Gasteiger partial charge in [-0.3, -0.25) is 15.0 Å². The number of carbonyl (C=O) groups excluding carboxylic acids is 2. The van der Waals surface area contributed by atoms with Crippen molar-refractivity contribution in [1.82, 2.24) is 5.43 Å². The standard InChI is InChI=1S/C24H18Cl2N2O4/c1-31-21-13-15(12-20(26)22(21)32-14-16-7-5-6-10-19(16)25)11-18-23(29)27-28(24(18)30)17-8-3-2-4-9-17/h2-13H,14H2,1H3,(H,27,29)/b18-11-. The van der Waals surface area contributed by atoms with E-state index in [9.17, 15) is 9.59 Å². The molecule has 0 bridgehead atoms. The maximum atomic E-state index is 12.8. The molecule has 3 aromatic rings. The fourth-order valence-corrected chi connectivity index (χ4v) is 3.68. The Morgan fingerprint density at radius 3 is 2.41 bits per heavy atom. The zero-order valence-electron chi connectivity index (χ0n) is 17.0. The van der Waals surface area contributed by atoms with E-state index in [1.165, 1.54) is 18.2 Å². The van der Waals surface area contributed by atoms with E-state index in [0.29, 0.717) is 27.8 Å². The summed E-state index contributed by atoms with van der Waals surface area (Å²) in [6, 6.07) is 19.4. The Morgan fingerprint density at radius 2 is 1.69 bits per heavy atom. The summed E-state index contributed by atoms with van der Waals surface area (Å²) < 4.78 is 11.3. The van der Waals surface area contributed by atoms with Crippen LogP contribution in [0.2, 0.25) is 10.0 Å². The van der Waals surface area contributed by atoms with E-state index < -0.39 is 11.8 Å². The van der Waals surface area contributed by atoms with Gasteiger partial charge in [-0.25, -0.2) is 5.01 Å². The van der Waals surface area contributed by atoms with Crippen molar-refractivity contribution in [2.45, 2.75) is 6.61 Å². The van der Waals surface area contributed by atoms with E-state index >= 15 is 0 Å². The van der Waals surface area contributed by atoms with Crippen LogP contribution in [0.3, 0.4) is 0 Å². The topological polar surface area (TPSA) is 67.9 Å². The lowest BCUT2D eigenvalue weighted by atomic mass is 10.1. The van der Waals surface area contributed by atoms with Crippen LogP contribution < -0.4 is 19.9 Å². The Balaban J connectivity index is 1.60. The van der Waals surface area contributed by atoms with Crippen LogP contribution in [0.1, 0.15) is 11.1 Å². The van der Waals surface area contributed by atoms with E-state index in [1.54, 1.807) is 42.5 Å². The molecular formula is C24H18Cl2N2O4. The fourth-order valence-electron chi connectivity index (χ4n) is 3.21. The fraction of sp³-hybridized carbons (Fsp3) is 0.0833. The summed E-state index contributed by atoms with van der Waals surface area (Å²) >= 11 is 12.6. The van der Waals surface area contributed by atoms with Gasteiger partial charge in [-0.1, -0.05) is 59.6 Å². The van der Waals surface area contributed by atoms with Gasteiger partial charge in [0.05, 0.1) is 17.8 Å². The number of hydrazine groups is 1. The van der Waals surface area contributed by atoms with E-state index in [0.717, 1.165) is 5.56 Å². The Bertz CT molecular complexity index is 1210. The van der Waals surface area contributed by atoms with Crippen LogP contribution in [-0.4, -0.2) is 18.9 Å². The molecule has 1 aliphatic heterocycles. The number of carbonyl (C=O) groups is 2. The zero-order valence-corrected chi connectivity index (χ0v) is 18.5. The molecule has 32 heavy (non-hydrogen) atoms. The molecule has 3 aromatic carbocycles. The highest BCUT2D eigenvalue weighted by molar-refractivity contribution is 6.33. The predicted octanol–water partition coefficient (Wildman–Crippen LogP) is 5.04. The quantitative estimate of drug-likeness (QED) is 0.406. The summed E-state index contributed by atoms with van der Waals surface area (Å²) in [5.41, 5.74) is 4.43. The Kier molecular flexibility index (Phi) is 6.35. The monoisotopic (exact) mass is 468 g/mol. The van der Waals surface area contributed by atoms with E-state index in [4.69, 9.17) is 32.7 Å². The summed E-state index contributed by atoms with van der Waals surface area (Å²) in [7, 11) is 1.48. The molecule has 0 aromatic heterocycles. The highest BCUT2D eigenvalue weighted by Crippen LogP contribution is 2.38. The average molecular weight is 469 g/mol. The second kappa shape index (κ2) is 9.34. The normalized spacial score (nSPS) is 14.6. The van der Waals surface area contributed by atoms with Crippen LogP contribution in [0.25, 0.3) is 6.08 Å². The molecule has 1 aliphatic rings. The number of methoxy groups -OCH3 is 1. The summed E-state index contributed by atoms with van der Waals surface area (Å²) in [6.45, 7) is 0.198. The third kappa shape index (κ3) is 4.42. The first-order valence-electron chi connectivity index (χ1n) is 9.64. The van der Waals surface area contributed by atoms with Gasteiger partial charge in [-0.05, 0) is 42.0 Å². The van der Waals surface area contributed by atoms with Crippen LogP contribution in [-0.2, 0) is 16.2 Å². The van der Waals surface area contributed by atoms with Crippen molar-refractivity contribution in [3.8, 4) is 11.5 Å². The van der Waals surface area contributed by atoms with Crippen LogP contribution in [0.5, 0.6) is 11.5 Å². The highest BCUT2D eigenvalue weighted by Gasteiger charge is 2.34. The molecule has 8 heteroatoms. The number of nitrogens with zero attached hydrogens (tertiary/aromatic N) is 1. The summed E-state index contributed by atoms with van der Waals surface area (Å²) in [4.78, 5) is 25.2. The first kappa shape index (κ1) is 21.7. The highest BCUT2D eigenvalue weighted by atomic mass is 35.5. The van der Waals surface area contributed by atoms with Gasteiger partial charge in [-0.2, -0.15) is 0 Å². The third-order valence-electron chi connectivity index (χ3n) is 4.80. The lowest BCUT2D eigenvalue weighted by Gasteiger charge is -2.14. The van der Waals surface area contributed by atoms with Crippen molar-refractivity contribution in [2.24, 2.45) is 0 Å². The number of rotatable bonds is 6. The first-order chi connectivity index (χ1) is 15.5. The van der Waals surface area contributed by atoms with Crippen LogP contribution in [0.15, 0.2) is 72.3 Å². The van der Waals surface area contributed by atoms with Crippen LogP contribution in [0.4, 0.5) is 5.69 Å². The number of nitrogens with one attached hydrogen (secondary N) is 1. The van der Waals surface area contributed by atoms with Crippen molar-refractivity contribution >= 4 is 46.8 Å². The lowest BCUT2D eigenvalue weighted by molar-refractivity contribution is -0.117. The van der Waals surface area contributed by atoms with Crippen LogP contribution >= 0.6 is 23.2 Å². The summed E-state index contributed by atoms with van der Waals surface area (Å²) in [5, 5.41) is 2.06. The molecule has 0 saturated carbocycles. The van der Waals surface area contributed by atoms with Gasteiger partial charge < -0.3 is 9.47 Å². The largest absolute Gasteiger partial charge is 0.493 e. The number of benzene rings is 3. The van der Waals surface area contributed by atoms with E-state index in [2.05, 4.69) is 5.43 Å². The predicted molar refractivity (Wildman–Crippen MR) is 124 cm³/mol. The minimum atomic E-state index is -0.506. The molecule has 162 valence electrons. The van der Waals surface area contributed by atoms with Crippen molar-refractivity contribution < 1.29 is 19.1 Å². The Labute approximate surface area is 194 Å². The average Bonchev–Trinajstić information content (AvgIpc) is 3.08. The number of hydrogen-bond donors (Lipinski definition) is 1. The smallest absolute Gasteiger partial charge is 0.282 e. The van der Waals surface area contributed by atoms with Gasteiger partial charge in [0.2, 0.25) is 0 Å². The summed E-state index contributed by atoms with van der Waals surface area (Å²) in [6.07, 6.45) is 1.47. The van der Waals surface area contributed by atoms with E-state index in [-0.39, 0.29) is 17.2 Å². The molecule has 1 heterocycles. The van der Waals surface area contributed by atoms with Crippen molar-refractivity contribution in [2.75, 3.05) is 12.1 Å². The third-order valence-corrected chi connectivity index (χ3v) is 5.45. The molecule has 1 saturated heterocycles. The zero-order chi connectivity index (χ0) is 22.7. The number of para-hydroxylation sites is 1. The number of halogens is 2. The van der Waals surface area contributed by atoms with Gasteiger partial charge in [0.15, 0.2) is 11.5 Å². The Morgan fingerprint density at radius 1 is 0.969 bits per heavy atom. The minimum absolute atomic E-state index is 0.0169. The number of hydrogen-bond acceptors (Lipinski definition) is 4. The second-order valence-electron chi connectivity index (χ2n) is 6.89. The SMILES string of the molecule is COc1cc(/C=C2/C(=O)NN(c3ccccc3)C2=O)cc(Cl)c1OCc1ccccc1Cl. The van der Waals surface area contributed by atoms with Gasteiger partial charge in [0.1, 0.15) is 12.2 Å². The van der Waals surface area contributed by atoms with Crippen molar-refractivity contribution in [3.63, 3.8) is 0 Å². The van der Waals surface area contributed by atoms with E-state index in [1.807, 2.05) is 24.3 Å². The number of anilines is 1. The summed E-state index contributed by atoms with van der Waals surface area (Å²) in [5.74, 6) is -0.269. The molecule has 1 N–H and O–H groups in total. The molecule has 1 fully saturated rings. The molecular weight excluding hydrogens is 451 g/mol.